The molecule has 0 aromatic rings. The van der Waals surface area contributed by atoms with Crippen LogP contribution in [0, 0.1) is 23.2 Å². The van der Waals surface area contributed by atoms with Crippen molar-refractivity contribution in [2.75, 3.05) is 0 Å². The summed E-state index contributed by atoms with van der Waals surface area (Å²) in [5, 5.41) is 0. The summed E-state index contributed by atoms with van der Waals surface area (Å²) in [5.41, 5.74) is 2.50. The molecule has 2 aliphatic carbocycles. The van der Waals surface area contributed by atoms with Crippen molar-refractivity contribution in [3.8, 4) is 0 Å². The van der Waals surface area contributed by atoms with E-state index in [2.05, 4.69) is 33.4 Å². The third-order valence-corrected chi connectivity index (χ3v) is 6.33. The maximum Gasteiger partial charge on any atom is 0.306 e. The SMILES string of the molecule is C=C(CCC=C(C)C)[C@H]1CC(=O)[C@@H]2[C@H]3CC(=O)O[C@H]3CC[C@]12C. The summed E-state index contributed by atoms with van der Waals surface area (Å²) in [4.78, 5) is 24.4. The van der Waals surface area contributed by atoms with Crippen LogP contribution >= 0.6 is 0 Å². The van der Waals surface area contributed by atoms with Crippen molar-refractivity contribution in [2.45, 2.75) is 65.4 Å². The first kappa shape index (κ1) is 16.5. The molecule has 1 heterocycles. The summed E-state index contributed by atoms with van der Waals surface area (Å²) in [6, 6.07) is 0. The van der Waals surface area contributed by atoms with Crippen molar-refractivity contribution in [3.63, 3.8) is 0 Å². The lowest BCUT2D eigenvalue weighted by atomic mass is 9.59. The fourth-order valence-corrected chi connectivity index (χ4v) is 5.22. The molecule has 3 nitrogen and oxygen atoms in total. The van der Waals surface area contributed by atoms with Crippen molar-refractivity contribution >= 4 is 11.8 Å². The maximum atomic E-state index is 12.7. The lowest BCUT2D eigenvalue weighted by molar-refractivity contribution is -0.144. The van der Waals surface area contributed by atoms with Gasteiger partial charge in [-0.3, -0.25) is 9.59 Å². The minimum atomic E-state index is -0.122. The number of ether oxygens (including phenoxy) is 1. The standard InChI is InChI=1S/C20H28O3/c1-12(2)6-5-7-13(3)15-11-16(21)19-14-10-18(22)23-17(14)8-9-20(15,19)4/h6,14-15,17,19H,3,5,7-11H2,1-2,4H3/t14-,15+,17-,19-,20+/m0/s1. The molecule has 126 valence electrons. The highest BCUT2D eigenvalue weighted by Crippen LogP contribution is 2.60. The molecule has 0 radical (unpaired) electrons. The van der Waals surface area contributed by atoms with E-state index < -0.39 is 0 Å². The number of Topliss-reactive ketones (excluding diaryl/α,β-unsaturated/α-hetero) is 1. The molecule has 3 heteroatoms. The Balaban J connectivity index is 1.77. The van der Waals surface area contributed by atoms with E-state index in [1.54, 1.807) is 0 Å². The highest BCUT2D eigenvalue weighted by molar-refractivity contribution is 5.87. The number of carbonyl (C=O) groups is 2. The van der Waals surface area contributed by atoms with Crippen LogP contribution in [0.4, 0.5) is 0 Å². The van der Waals surface area contributed by atoms with E-state index >= 15 is 0 Å². The van der Waals surface area contributed by atoms with Gasteiger partial charge in [0.1, 0.15) is 11.9 Å². The van der Waals surface area contributed by atoms with Crippen molar-refractivity contribution in [1.29, 1.82) is 0 Å². The van der Waals surface area contributed by atoms with Gasteiger partial charge in [0.05, 0.1) is 6.42 Å². The molecule has 5 atom stereocenters. The van der Waals surface area contributed by atoms with E-state index in [4.69, 9.17) is 4.74 Å². The Morgan fingerprint density at radius 1 is 1.35 bits per heavy atom. The van der Waals surface area contributed by atoms with Crippen molar-refractivity contribution in [3.05, 3.63) is 23.8 Å². The molecule has 3 rings (SSSR count). The molecule has 2 saturated carbocycles. The maximum absolute atomic E-state index is 12.7. The first-order chi connectivity index (χ1) is 10.8. The van der Waals surface area contributed by atoms with Gasteiger partial charge in [0, 0.05) is 18.3 Å². The molecule has 23 heavy (non-hydrogen) atoms. The lowest BCUT2D eigenvalue weighted by Crippen LogP contribution is -2.44. The largest absolute Gasteiger partial charge is 0.462 e. The summed E-state index contributed by atoms with van der Waals surface area (Å²) in [6.45, 7) is 10.8. The number of hydrogen-bond donors (Lipinski definition) is 0. The topological polar surface area (TPSA) is 43.4 Å². The van der Waals surface area contributed by atoms with Gasteiger partial charge in [-0.15, -0.1) is 0 Å². The van der Waals surface area contributed by atoms with Crippen molar-refractivity contribution in [1.82, 2.24) is 0 Å². The van der Waals surface area contributed by atoms with E-state index in [1.165, 1.54) is 11.1 Å². The Morgan fingerprint density at radius 2 is 2.09 bits per heavy atom. The highest BCUT2D eigenvalue weighted by atomic mass is 16.5. The Bertz CT molecular complexity index is 569. The summed E-state index contributed by atoms with van der Waals surface area (Å²) in [5.74, 6) is 0.557. The monoisotopic (exact) mass is 316 g/mol. The van der Waals surface area contributed by atoms with Gasteiger partial charge in [-0.25, -0.2) is 0 Å². The number of esters is 1. The number of allylic oxidation sites excluding steroid dienone is 3. The zero-order valence-corrected chi connectivity index (χ0v) is 14.6. The van der Waals surface area contributed by atoms with Crippen LogP contribution in [0.25, 0.3) is 0 Å². The van der Waals surface area contributed by atoms with Gasteiger partial charge in [0.25, 0.3) is 0 Å². The average Bonchev–Trinajstić information content (AvgIpc) is 2.95. The van der Waals surface area contributed by atoms with Crippen LogP contribution < -0.4 is 0 Å². The van der Waals surface area contributed by atoms with Gasteiger partial charge in [0.15, 0.2) is 0 Å². The zero-order valence-electron chi connectivity index (χ0n) is 14.6. The molecule has 1 aliphatic heterocycles. The molecule has 0 bridgehead atoms. The van der Waals surface area contributed by atoms with Gasteiger partial charge < -0.3 is 4.74 Å². The van der Waals surface area contributed by atoms with Gasteiger partial charge in [-0.1, -0.05) is 30.7 Å². The Hall–Kier alpha value is -1.38. The summed E-state index contributed by atoms with van der Waals surface area (Å²) < 4.78 is 5.43. The third-order valence-electron chi connectivity index (χ3n) is 6.33. The van der Waals surface area contributed by atoms with Crippen LogP contribution in [-0.2, 0) is 14.3 Å². The Labute approximate surface area is 139 Å². The summed E-state index contributed by atoms with van der Waals surface area (Å²) in [7, 11) is 0. The summed E-state index contributed by atoms with van der Waals surface area (Å²) in [6.07, 6.45) is 7.05. The Morgan fingerprint density at radius 3 is 2.78 bits per heavy atom. The lowest BCUT2D eigenvalue weighted by Gasteiger charge is -2.44. The first-order valence-corrected chi connectivity index (χ1v) is 8.86. The average molecular weight is 316 g/mol. The molecule has 0 unspecified atom stereocenters. The van der Waals surface area contributed by atoms with Gasteiger partial charge in [-0.05, 0) is 50.9 Å². The highest BCUT2D eigenvalue weighted by Gasteiger charge is 2.61. The van der Waals surface area contributed by atoms with Crippen LogP contribution in [0.3, 0.4) is 0 Å². The molecule has 0 N–H and O–H groups in total. The number of carbonyl (C=O) groups excluding carboxylic acids is 2. The Kier molecular flexibility index (Phi) is 4.24. The minimum absolute atomic E-state index is 0.0158. The third kappa shape index (κ3) is 2.79. The van der Waals surface area contributed by atoms with Crippen molar-refractivity contribution in [2.24, 2.45) is 23.2 Å². The number of fused-ring (bicyclic) bond motifs is 3. The molecule has 3 aliphatic rings. The fourth-order valence-electron chi connectivity index (χ4n) is 5.22. The normalized spacial score (nSPS) is 38.7. The zero-order chi connectivity index (χ0) is 16.8. The van der Waals surface area contributed by atoms with Crippen LogP contribution in [0.1, 0.15) is 59.3 Å². The number of ketones is 1. The summed E-state index contributed by atoms with van der Waals surface area (Å²) >= 11 is 0. The quantitative estimate of drug-likeness (QED) is 0.576. The van der Waals surface area contributed by atoms with Crippen LogP contribution in [0.5, 0.6) is 0 Å². The molecule has 0 amide bonds. The molecular weight excluding hydrogens is 288 g/mol. The van der Waals surface area contributed by atoms with E-state index in [1.807, 2.05) is 0 Å². The van der Waals surface area contributed by atoms with E-state index in [0.717, 1.165) is 25.7 Å². The first-order valence-electron chi connectivity index (χ1n) is 8.86. The van der Waals surface area contributed by atoms with Crippen LogP contribution in [0.15, 0.2) is 23.8 Å². The van der Waals surface area contributed by atoms with Crippen LogP contribution in [-0.4, -0.2) is 17.9 Å². The number of rotatable bonds is 4. The second-order valence-electron chi connectivity index (χ2n) is 8.12. The fraction of sp³-hybridized carbons (Fsp3) is 0.700. The van der Waals surface area contributed by atoms with Gasteiger partial charge in [0.2, 0.25) is 0 Å². The van der Waals surface area contributed by atoms with Gasteiger partial charge in [-0.2, -0.15) is 0 Å². The van der Waals surface area contributed by atoms with E-state index in [0.29, 0.717) is 18.6 Å². The molecule has 0 spiro atoms. The molecule has 3 fully saturated rings. The molecule has 0 aromatic carbocycles. The van der Waals surface area contributed by atoms with Crippen LogP contribution in [0.2, 0.25) is 0 Å². The second-order valence-corrected chi connectivity index (χ2v) is 8.12. The minimum Gasteiger partial charge on any atom is -0.462 e. The molecular formula is C20H28O3. The van der Waals surface area contributed by atoms with Crippen molar-refractivity contribution < 1.29 is 14.3 Å². The molecule has 1 saturated heterocycles. The predicted molar refractivity (Wildman–Crippen MR) is 89.7 cm³/mol. The van der Waals surface area contributed by atoms with Gasteiger partial charge >= 0.3 is 5.97 Å². The second kappa shape index (κ2) is 5.92. The van der Waals surface area contributed by atoms with E-state index in [9.17, 15) is 9.59 Å². The predicted octanol–water partition coefficient (Wildman–Crippen LogP) is 4.23. The molecule has 0 aromatic heterocycles. The number of hydrogen-bond acceptors (Lipinski definition) is 3. The smallest absolute Gasteiger partial charge is 0.306 e. The van der Waals surface area contributed by atoms with E-state index in [-0.39, 0.29) is 35.2 Å².